The SMILES string of the molecule is Cc1cc(-n2ccnc2C)ccc1CCN. The van der Waals surface area contributed by atoms with E-state index in [1.54, 1.807) is 0 Å². The maximum atomic E-state index is 5.57. The van der Waals surface area contributed by atoms with Crippen LogP contribution in [0.5, 0.6) is 0 Å². The second-order valence-corrected chi connectivity index (χ2v) is 3.99. The van der Waals surface area contributed by atoms with Crippen molar-refractivity contribution in [2.45, 2.75) is 20.3 Å². The number of nitrogens with two attached hydrogens (primary N) is 1. The van der Waals surface area contributed by atoms with Crippen LogP contribution in [0, 0.1) is 13.8 Å². The first-order valence-electron chi connectivity index (χ1n) is 5.52. The predicted molar refractivity (Wildman–Crippen MR) is 65.8 cm³/mol. The Hall–Kier alpha value is -1.61. The predicted octanol–water partition coefficient (Wildman–Crippen LogP) is 1.99. The molecule has 3 nitrogen and oxygen atoms in total. The van der Waals surface area contributed by atoms with Gasteiger partial charge in [-0.25, -0.2) is 4.98 Å². The van der Waals surface area contributed by atoms with E-state index in [9.17, 15) is 0 Å². The van der Waals surface area contributed by atoms with E-state index in [0.717, 1.165) is 17.9 Å². The Balaban J connectivity index is 2.38. The van der Waals surface area contributed by atoms with Crippen LogP contribution < -0.4 is 5.73 Å². The van der Waals surface area contributed by atoms with Crippen LogP contribution in [0.4, 0.5) is 0 Å². The molecule has 0 bridgehead atoms. The lowest BCUT2D eigenvalue weighted by Gasteiger charge is -2.09. The summed E-state index contributed by atoms with van der Waals surface area (Å²) in [7, 11) is 0. The van der Waals surface area contributed by atoms with Crippen molar-refractivity contribution in [2.75, 3.05) is 6.54 Å². The highest BCUT2D eigenvalue weighted by molar-refractivity contribution is 5.41. The average molecular weight is 215 g/mol. The monoisotopic (exact) mass is 215 g/mol. The molecule has 0 saturated carbocycles. The topological polar surface area (TPSA) is 43.8 Å². The van der Waals surface area contributed by atoms with Crippen LogP contribution in [0.15, 0.2) is 30.6 Å². The Morgan fingerprint density at radius 3 is 2.69 bits per heavy atom. The molecule has 3 heteroatoms. The van der Waals surface area contributed by atoms with Crippen molar-refractivity contribution in [3.05, 3.63) is 47.5 Å². The van der Waals surface area contributed by atoms with Crippen molar-refractivity contribution in [3.8, 4) is 5.69 Å². The lowest BCUT2D eigenvalue weighted by atomic mass is 10.1. The van der Waals surface area contributed by atoms with E-state index >= 15 is 0 Å². The largest absolute Gasteiger partial charge is 0.330 e. The molecule has 1 aromatic carbocycles. The zero-order valence-corrected chi connectivity index (χ0v) is 9.77. The first-order valence-corrected chi connectivity index (χ1v) is 5.52. The molecule has 1 heterocycles. The van der Waals surface area contributed by atoms with Crippen molar-refractivity contribution in [2.24, 2.45) is 5.73 Å². The Kier molecular flexibility index (Phi) is 3.06. The van der Waals surface area contributed by atoms with Crippen LogP contribution in [0.25, 0.3) is 5.69 Å². The third kappa shape index (κ3) is 1.99. The van der Waals surface area contributed by atoms with E-state index in [4.69, 9.17) is 5.73 Å². The first kappa shape index (κ1) is 10.9. The molecule has 0 radical (unpaired) electrons. The van der Waals surface area contributed by atoms with Gasteiger partial charge in [0, 0.05) is 18.1 Å². The van der Waals surface area contributed by atoms with Crippen molar-refractivity contribution in [3.63, 3.8) is 0 Å². The Bertz CT molecular complexity index is 486. The molecule has 0 fully saturated rings. The van der Waals surface area contributed by atoms with Gasteiger partial charge in [-0.3, -0.25) is 0 Å². The number of rotatable bonds is 3. The molecular weight excluding hydrogens is 198 g/mol. The van der Waals surface area contributed by atoms with E-state index in [1.165, 1.54) is 11.1 Å². The summed E-state index contributed by atoms with van der Waals surface area (Å²) in [5.74, 6) is 1.01. The fourth-order valence-corrected chi connectivity index (χ4v) is 1.92. The van der Waals surface area contributed by atoms with E-state index in [1.807, 2.05) is 19.3 Å². The molecule has 0 aliphatic heterocycles. The summed E-state index contributed by atoms with van der Waals surface area (Å²) in [6, 6.07) is 6.45. The van der Waals surface area contributed by atoms with E-state index in [2.05, 4.69) is 34.7 Å². The summed E-state index contributed by atoms with van der Waals surface area (Å²) >= 11 is 0. The molecule has 0 spiro atoms. The summed E-state index contributed by atoms with van der Waals surface area (Å²) in [4.78, 5) is 4.22. The molecule has 0 amide bonds. The summed E-state index contributed by atoms with van der Waals surface area (Å²) in [5, 5.41) is 0. The van der Waals surface area contributed by atoms with Crippen LogP contribution in [0.1, 0.15) is 17.0 Å². The van der Waals surface area contributed by atoms with Gasteiger partial charge in [-0.1, -0.05) is 6.07 Å². The highest BCUT2D eigenvalue weighted by Gasteiger charge is 2.03. The van der Waals surface area contributed by atoms with E-state index in [0.29, 0.717) is 6.54 Å². The quantitative estimate of drug-likeness (QED) is 0.851. The molecule has 1 aromatic heterocycles. The highest BCUT2D eigenvalue weighted by atomic mass is 15.1. The number of nitrogens with zero attached hydrogens (tertiary/aromatic N) is 2. The van der Waals surface area contributed by atoms with Gasteiger partial charge < -0.3 is 10.3 Å². The van der Waals surface area contributed by atoms with Gasteiger partial charge in [-0.05, 0) is 50.1 Å². The molecule has 0 aliphatic rings. The third-order valence-corrected chi connectivity index (χ3v) is 2.84. The summed E-state index contributed by atoms with van der Waals surface area (Å²) in [5.41, 5.74) is 9.34. The number of aryl methyl sites for hydroxylation is 2. The smallest absolute Gasteiger partial charge is 0.110 e. The standard InChI is InChI=1S/C13H17N3/c1-10-9-13(4-3-12(10)5-6-14)16-8-7-15-11(16)2/h3-4,7-9H,5-6,14H2,1-2H3. The second kappa shape index (κ2) is 4.49. The van der Waals surface area contributed by atoms with Crippen LogP contribution >= 0.6 is 0 Å². The molecule has 0 saturated heterocycles. The van der Waals surface area contributed by atoms with Crippen LogP contribution in [-0.2, 0) is 6.42 Å². The molecule has 2 aromatic rings. The van der Waals surface area contributed by atoms with Crippen molar-refractivity contribution in [1.82, 2.24) is 9.55 Å². The molecular formula is C13H17N3. The minimum atomic E-state index is 0.699. The Labute approximate surface area is 95.9 Å². The van der Waals surface area contributed by atoms with Crippen molar-refractivity contribution < 1.29 is 0 Å². The van der Waals surface area contributed by atoms with Crippen LogP contribution in [-0.4, -0.2) is 16.1 Å². The van der Waals surface area contributed by atoms with E-state index in [-0.39, 0.29) is 0 Å². The van der Waals surface area contributed by atoms with Gasteiger partial charge in [0.25, 0.3) is 0 Å². The highest BCUT2D eigenvalue weighted by Crippen LogP contribution is 2.16. The van der Waals surface area contributed by atoms with Gasteiger partial charge in [0.05, 0.1) is 0 Å². The molecule has 0 unspecified atom stereocenters. The van der Waals surface area contributed by atoms with Gasteiger partial charge in [0.1, 0.15) is 5.82 Å². The summed E-state index contributed by atoms with van der Waals surface area (Å²) in [6.07, 6.45) is 4.74. The van der Waals surface area contributed by atoms with Gasteiger partial charge in [-0.2, -0.15) is 0 Å². The van der Waals surface area contributed by atoms with Crippen molar-refractivity contribution in [1.29, 1.82) is 0 Å². The fourth-order valence-electron chi connectivity index (χ4n) is 1.92. The summed E-state index contributed by atoms with van der Waals surface area (Å²) < 4.78 is 2.08. The summed E-state index contributed by atoms with van der Waals surface area (Å²) in [6.45, 7) is 4.83. The van der Waals surface area contributed by atoms with E-state index < -0.39 is 0 Å². The Morgan fingerprint density at radius 1 is 1.31 bits per heavy atom. The lowest BCUT2D eigenvalue weighted by Crippen LogP contribution is -2.05. The lowest BCUT2D eigenvalue weighted by molar-refractivity contribution is 0.942. The molecule has 2 rings (SSSR count). The maximum Gasteiger partial charge on any atom is 0.110 e. The van der Waals surface area contributed by atoms with Gasteiger partial charge in [-0.15, -0.1) is 0 Å². The zero-order valence-electron chi connectivity index (χ0n) is 9.77. The average Bonchev–Trinajstić information content (AvgIpc) is 2.68. The van der Waals surface area contributed by atoms with Gasteiger partial charge in [0.2, 0.25) is 0 Å². The zero-order chi connectivity index (χ0) is 11.5. The number of benzene rings is 1. The first-order chi connectivity index (χ1) is 7.72. The number of imidazole rings is 1. The number of aromatic nitrogens is 2. The van der Waals surface area contributed by atoms with Crippen molar-refractivity contribution >= 4 is 0 Å². The molecule has 2 N–H and O–H groups in total. The number of hydrogen-bond donors (Lipinski definition) is 1. The molecule has 16 heavy (non-hydrogen) atoms. The maximum absolute atomic E-state index is 5.57. The molecule has 0 aliphatic carbocycles. The minimum absolute atomic E-state index is 0.699. The minimum Gasteiger partial charge on any atom is -0.330 e. The van der Waals surface area contributed by atoms with Gasteiger partial charge in [0.15, 0.2) is 0 Å². The number of hydrogen-bond acceptors (Lipinski definition) is 2. The van der Waals surface area contributed by atoms with Gasteiger partial charge >= 0.3 is 0 Å². The molecule has 84 valence electrons. The molecule has 0 atom stereocenters. The fraction of sp³-hybridized carbons (Fsp3) is 0.308. The second-order valence-electron chi connectivity index (χ2n) is 3.99. The van der Waals surface area contributed by atoms with Crippen LogP contribution in [0.2, 0.25) is 0 Å². The van der Waals surface area contributed by atoms with Crippen LogP contribution in [0.3, 0.4) is 0 Å². The third-order valence-electron chi connectivity index (χ3n) is 2.84. The normalized spacial score (nSPS) is 10.7. The Morgan fingerprint density at radius 2 is 2.12 bits per heavy atom.